The number of rotatable bonds is 6. The Morgan fingerprint density at radius 1 is 1.36 bits per heavy atom. The van der Waals surface area contributed by atoms with E-state index in [9.17, 15) is 14.6 Å². The maximum Gasteiger partial charge on any atom is 0.526 e. The Bertz CT molecular complexity index is 807. The molecule has 1 aromatic carbocycles. The van der Waals surface area contributed by atoms with Crippen LogP contribution >= 0.6 is 0 Å². The normalized spacial score (nSPS) is 16.3. The van der Waals surface area contributed by atoms with Crippen LogP contribution in [0.5, 0.6) is 5.75 Å². The van der Waals surface area contributed by atoms with Crippen LogP contribution in [0.2, 0.25) is 5.82 Å². The summed E-state index contributed by atoms with van der Waals surface area (Å²) in [6.45, 7) is 1.56. The molecule has 2 aromatic rings. The van der Waals surface area contributed by atoms with Gasteiger partial charge in [-0.25, -0.2) is 0 Å². The molecule has 1 aromatic heterocycles. The average molecular weight is 343 g/mol. The summed E-state index contributed by atoms with van der Waals surface area (Å²) >= 11 is 0. The molecule has 0 fully saturated rings. The molecule has 1 atom stereocenters. The predicted octanol–water partition coefficient (Wildman–Crippen LogP) is 0.718. The zero-order chi connectivity index (χ0) is 18.0. The Balaban J connectivity index is 1.68. The molecule has 0 aliphatic carbocycles. The van der Waals surface area contributed by atoms with Crippen molar-refractivity contribution in [2.24, 2.45) is 5.73 Å². The Morgan fingerprint density at radius 2 is 2.12 bits per heavy atom. The smallest absolute Gasteiger partial charge is 0.526 e. The number of hydrogen-bond acceptors (Lipinski definition) is 8. The number of hydrogen-bond donors (Lipinski definition) is 2. The lowest BCUT2D eigenvalue weighted by atomic mass is 9.64. The van der Waals surface area contributed by atoms with Crippen molar-refractivity contribution in [3.63, 3.8) is 0 Å². The summed E-state index contributed by atoms with van der Waals surface area (Å²) in [7, 11) is -1.15. The third-order valence-corrected chi connectivity index (χ3v) is 4.12. The fourth-order valence-electron chi connectivity index (χ4n) is 2.91. The highest BCUT2D eigenvalue weighted by Crippen LogP contribution is 2.36. The number of para-hydroxylation sites is 1. The van der Waals surface area contributed by atoms with Crippen LogP contribution in [0, 0.1) is 0 Å². The summed E-state index contributed by atoms with van der Waals surface area (Å²) in [5.74, 6) is 0.192. The van der Waals surface area contributed by atoms with Crippen molar-refractivity contribution in [3.8, 4) is 5.75 Å². The number of nitrogens with zero attached hydrogens (tertiary/aromatic N) is 2. The maximum absolute atomic E-state index is 12.2. The van der Waals surface area contributed by atoms with Crippen LogP contribution in [0.1, 0.15) is 41.0 Å². The van der Waals surface area contributed by atoms with Crippen LogP contribution in [0.25, 0.3) is 0 Å². The second kappa shape index (κ2) is 7.16. The molecule has 130 valence electrons. The van der Waals surface area contributed by atoms with Crippen LogP contribution in [0.4, 0.5) is 0 Å². The van der Waals surface area contributed by atoms with Gasteiger partial charge in [0.05, 0.1) is 18.5 Å². The van der Waals surface area contributed by atoms with Crippen molar-refractivity contribution in [1.29, 1.82) is 0 Å². The molecule has 25 heavy (non-hydrogen) atoms. The predicted molar refractivity (Wildman–Crippen MR) is 88.0 cm³/mol. The van der Waals surface area contributed by atoms with Gasteiger partial charge in [-0.2, -0.15) is 0 Å². The first kappa shape index (κ1) is 17.3. The minimum absolute atomic E-state index is 0.0173. The van der Waals surface area contributed by atoms with E-state index in [2.05, 4.69) is 10.2 Å². The third kappa shape index (κ3) is 3.77. The Hall–Kier alpha value is -2.52. The van der Waals surface area contributed by atoms with Crippen molar-refractivity contribution in [2.45, 2.75) is 38.5 Å². The molecule has 9 heteroatoms. The number of Topliss-reactive ketones (excluding diaryl/α,β-unsaturated/α-hetero) is 2. The number of carbonyl (C=O) groups excluding carboxylic acids is 2. The lowest BCUT2D eigenvalue weighted by Crippen LogP contribution is -2.36. The summed E-state index contributed by atoms with van der Waals surface area (Å²) in [6, 6.07) is 5.25. The standard InChI is InChI=1S/C16H18BN3O5/c1-9(21)13-4-2-3-10-5-11(17(23)25-16(10)13)6-12(22)7-14-19-20-15(8-18)24-14/h2-4,11,23H,5-8,18H2,1H3/t11-/m1/s1. The van der Waals surface area contributed by atoms with Crippen LogP contribution < -0.4 is 10.4 Å². The SMILES string of the molecule is CC(=O)c1cccc2c1OB(O)[C@@H](CC(=O)Cc1nnc(CN)o1)C2. The molecule has 0 unspecified atom stereocenters. The highest BCUT2D eigenvalue weighted by molar-refractivity contribution is 6.47. The first-order chi connectivity index (χ1) is 12.0. The van der Waals surface area contributed by atoms with Gasteiger partial charge in [-0.05, 0) is 25.0 Å². The average Bonchev–Trinajstić information content (AvgIpc) is 3.02. The van der Waals surface area contributed by atoms with E-state index in [0.717, 1.165) is 5.56 Å². The molecular formula is C16H18BN3O5. The largest absolute Gasteiger partial charge is 0.535 e. The lowest BCUT2D eigenvalue weighted by Gasteiger charge is -2.28. The molecule has 0 radical (unpaired) electrons. The topological polar surface area (TPSA) is 129 Å². The number of benzene rings is 1. The van der Waals surface area contributed by atoms with E-state index in [1.54, 1.807) is 12.1 Å². The first-order valence-electron chi connectivity index (χ1n) is 7.98. The monoisotopic (exact) mass is 343 g/mol. The number of aromatic nitrogens is 2. The van der Waals surface area contributed by atoms with E-state index < -0.39 is 12.9 Å². The summed E-state index contributed by atoms with van der Waals surface area (Å²) in [6.07, 6.45) is 0.531. The van der Waals surface area contributed by atoms with E-state index in [1.165, 1.54) is 6.92 Å². The van der Waals surface area contributed by atoms with Crippen molar-refractivity contribution >= 4 is 18.7 Å². The molecule has 0 bridgehead atoms. The molecule has 1 aliphatic heterocycles. The van der Waals surface area contributed by atoms with E-state index >= 15 is 0 Å². The van der Waals surface area contributed by atoms with Crippen LogP contribution in [-0.4, -0.2) is 33.9 Å². The van der Waals surface area contributed by atoms with Crippen LogP contribution in [-0.2, 0) is 24.2 Å². The van der Waals surface area contributed by atoms with E-state index in [4.69, 9.17) is 14.8 Å². The van der Waals surface area contributed by atoms with Gasteiger partial charge in [0.2, 0.25) is 11.8 Å². The number of fused-ring (bicyclic) bond motifs is 1. The molecule has 1 aliphatic rings. The molecule has 8 nitrogen and oxygen atoms in total. The summed E-state index contributed by atoms with van der Waals surface area (Å²) in [4.78, 5) is 23.9. The van der Waals surface area contributed by atoms with Gasteiger partial charge in [0.15, 0.2) is 5.78 Å². The van der Waals surface area contributed by atoms with Crippen molar-refractivity contribution in [3.05, 3.63) is 41.1 Å². The van der Waals surface area contributed by atoms with Gasteiger partial charge in [-0.3, -0.25) is 9.59 Å². The Kier molecular flexibility index (Phi) is 4.96. The Labute approximate surface area is 144 Å². The van der Waals surface area contributed by atoms with Gasteiger partial charge in [0, 0.05) is 12.2 Å². The molecule has 3 N–H and O–H groups in total. The highest BCUT2D eigenvalue weighted by atomic mass is 16.5. The van der Waals surface area contributed by atoms with Crippen molar-refractivity contribution in [2.75, 3.05) is 0 Å². The zero-order valence-corrected chi connectivity index (χ0v) is 13.8. The molecular weight excluding hydrogens is 325 g/mol. The molecule has 0 saturated heterocycles. The molecule has 0 spiro atoms. The summed E-state index contributed by atoms with van der Waals surface area (Å²) < 4.78 is 10.7. The van der Waals surface area contributed by atoms with Crippen molar-refractivity contribution in [1.82, 2.24) is 10.2 Å². The summed E-state index contributed by atoms with van der Waals surface area (Å²) in [5, 5.41) is 17.7. The molecule has 3 rings (SSSR count). The fourth-order valence-corrected chi connectivity index (χ4v) is 2.91. The first-order valence-corrected chi connectivity index (χ1v) is 7.98. The third-order valence-electron chi connectivity index (χ3n) is 4.12. The summed E-state index contributed by atoms with van der Waals surface area (Å²) in [5.41, 5.74) is 6.62. The zero-order valence-electron chi connectivity index (χ0n) is 13.8. The minimum atomic E-state index is -1.15. The van der Waals surface area contributed by atoms with E-state index in [1.807, 2.05) is 6.07 Å². The molecule has 0 amide bonds. The minimum Gasteiger partial charge on any atom is -0.535 e. The van der Waals surface area contributed by atoms with Crippen molar-refractivity contribution < 1.29 is 23.7 Å². The van der Waals surface area contributed by atoms with Gasteiger partial charge in [0.25, 0.3) is 0 Å². The second-order valence-corrected chi connectivity index (χ2v) is 6.04. The van der Waals surface area contributed by atoms with Gasteiger partial charge in [-0.15, -0.1) is 10.2 Å². The molecule has 2 heterocycles. The van der Waals surface area contributed by atoms with Gasteiger partial charge >= 0.3 is 7.12 Å². The van der Waals surface area contributed by atoms with Crippen LogP contribution in [0.15, 0.2) is 22.6 Å². The maximum atomic E-state index is 12.2. The number of nitrogens with two attached hydrogens (primary N) is 1. The molecule has 0 saturated carbocycles. The fraction of sp³-hybridized carbons (Fsp3) is 0.375. The second-order valence-electron chi connectivity index (χ2n) is 6.04. The van der Waals surface area contributed by atoms with Gasteiger partial charge in [-0.1, -0.05) is 12.1 Å². The van der Waals surface area contributed by atoms with Gasteiger partial charge in [0.1, 0.15) is 11.5 Å². The highest BCUT2D eigenvalue weighted by Gasteiger charge is 2.37. The number of carbonyl (C=O) groups is 2. The lowest BCUT2D eigenvalue weighted by molar-refractivity contribution is -0.118. The van der Waals surface area contributed by atoms with E-state index in [0.29, 0.717) is 17.7 Å². The number of ketones is 2. The van der Waals surface area contributed by atoms with Gasteiger partial charge < -0.3 is 19.8 Å². The van der Waals surface area contributed by atoms with Crippen LogP contribution in [0.3, 0.4) is 0 Å². The van der Waals surface area contributed by atoms with E-state index in [-0.39, 0.29) is 42.7 Å². The Morgan fingerprint density at radius 3 is 2.80 bits per heavy atom. The quantitative estimate of drug-likeness (QED) is 0.580.